The van der Waals surface area contributed by atoms with Crippen molar-refractivity contribution in [2.24, 2.45) is 17.1 Å². The first-order valence-electron chi connectivity index (χ1n) is 19.8. The van der Waals surface area contributed by atoms with E-state index >= 15 is 0 Å². The Morgan fingerprint density at radius 2 is 1.41 bits per heavy atom. The summed E-state index contributed by atoms with van der Waals surface area (Å²) in [5.41, 5.74) is 2.73. The summed E-state index contributed by atoms with van der Waals surface area (Å²) in [6.45, 7) is 20.3. The highest BCUT2D eigenvalue weighted by Crippen LogP contribution is 2.57. The molecule has 0 aromatic heterocycles. The Morgan fingerprint density at radius 1 is 0.839 bits per heavy atom. The molecular formula is C42H67N4O9P. The molecule has 1 aromatic carbocycles. The van der Waals surface area contributed by atoms with Gasteiger partial charge in [-0.25, -0.2) is 0 Å². The summed E-state index contributed by atoms with van der Waals surface area (Å²) >= 11 is 0. The molecule has 1 aliphatic heterocycles. The number of hydrogen-bond acceptors (Lipinski definition) is 9. The summed E-state index contributed by atoms with van der Waals surface area (Å²) in [6, 6.07) is 6.08. The van der Waals surface area contributed by atoms with E-state index in [1.54, 1.807) is 20.8 Å². The van der Waals surface area contributed by atoms with Gasteiger partial charge in [0.25, 0.3) is 0 Å². The maximum Gasteiger partial charge on any atom is 0.336 e. The second-order valence-electron chi connectivity index (χ2n) is 19.2. The van der Waals surface area contributed by atoms with Crippen LogP contribution in [0.2, 0.25) is 0 Å². The number of ether oxygens (including phenoxy) is 1. The lowest BCUT2D eigenvalue weighted by Crippen LogP contribution is -2.64. The number of carbonyl (C=O) groups excluding carboxylic acids is 5. The normalized spacial score (nSPS) is 23.5. The van der Waals surface area contributed by atoms with E-state index in [4.69, 9.17) is 19.5 Å². The monoisotopic (exact) mass is 802 g/mol. The van der Waals surface area contributed by atoms with Gasteiger partial charge in [-0.05, 0) is 98.1 Å². The second-order valence-corrected chi connectivity index (χ2v) is 21.1. The highest BCUT2D eigenvalue weighted by atomic mass is 31.2. The largest absolute Gasteiger partial charge is 0.460 e. The fourth-order valence-electron chi connectivity index (χ4n) is 7.06. The number of nitrogens with two attached hydrogens (primary N) is 1. The van der Waals surface area contributed by atoms with Crippen molar-refractivity contribution in [1.29, 1.82) is 0 Å². The third-order valence-corrected chi connectivity index (χ3v) is 11.8. The average Bonchev–Trinajstić information content (AvgIpc) is 3.02. The zero-order chi connectivity index (χ0) is 42.3. The van der Waals surface area contributed by atoms with Gasteiger partial charge in [0.1, 0.15) is 17.2 Å². The number of rotatable bonds is 9. The Bertz CT molecular complexity index is 1630. The van der Waals surface area contributed by atoms with Gasteiger partial charge in [-0.1, -0.05) is 69.5 Å². The number of hydrogen-bond donors (Lipinski definition) is 4. The van der Waals surface area contributed by atoms with Crippen LogP contribution in [-0.2, 0) is 48.5 Å². The Balaban J connectivity index is 2.17. The topological polar surface area (TPSA) is 192 Å². The summed E-state index contributed by atoms with van der Waals surface area (Å²) in [7, 11) is -3.63. The third kappa shape index (κ3) is 15.1. The minimum Gasteiger partial charge on any atom is -0.460 e. The van der Waals surface area contributed by atoms with Crippen LogP contribution < -0.4 is 21.7 Å². The van der Waals surface area contributed by atoms with Gasteiger partial charge in [0.2, 0.25) is 23.6 Å². The molecule has 0 saturated heterocycles. The van der Waals surface area contributed by atoms with Crippen molar-refractivity contribution in [1.82, 2.24) is 16.0 Å². The molecule has 4 amide bonds. The first kappa shape index (κ1) is 46.8. The molecule has 1 aromatic rings. The number of primary amides is 1. The lowest BCUT2D eigenvalue weighted by atomic mass is 9.78. The highest BCUT2D eigenvalue weighted by molar-refractivity contribution is 7.53. The van der Waals surface area contributed by atoms with Gasteiger partial charge in [-0.15, -0.1) is 0 Å². The van der Waals surface area contributed by atoms with Crippen LogP contribution in [-0.4, -0.2) is 64.5 Å². The lowest BCUT2D eigenvalue weighted by Gasteiger charge is -2.39. The van der Waals surface area contributed by atoms with Crippen LogP contribution in [0.3, 0.4) is 0 Å². The van der Waals surface area contributed by atoms with Crippen molar-refractivity contribution in [2.45, 2.75) is 168 Å². The lowest BCUT2D eigenvalue weighted by molar-refractivity contribution is -0.157. The van der Waals surface area contributed by atoms with Crippen molar-refractivity contribution >= 4 is 37.2 Å². The summed E-state index contributed by atoms with van der Waals surface area (Å²) in [5.74, 6) is -4.69. The van der Waals surface area contributed by atoms with Gasteiger partial charge in [0, 0.05) is 12.5 Å². The molecule has 1 spiro atoms. The van der Waals surface area contributed by atoms with Crippen molar-refractivity contribution < 1.29 is 42.3 Å². The molecule has 13 nitrogen and oxygen atoms in total. The van der Waals surface area contributed by atoms with E-state index in [1.165, 1.54) is 0 Å². The molecule has 1 aliphatic carbocycles. The van der Waals surface area contributed by atoms with Crippen LogP contribution >= 0.6 is 7.60 Å². The summed E-state index contributed by atoms with van der Waals surface area (Å²) in [6.07, 6.45) is 6.31. The number of nitrogens with one attached hydrogen (secondary N) is 3. The van der Waals surface area contributed by atoms with Gasteiger partial charge in [-0.2, -0.15) is 0 Å². The van der Waals surface area contributed by atoms with E-state index in [0.717, 1.165) is 6.42 Å². The van der Waals surface area contributed by atoms with Crippen LogP contribution in [0, 0.1) is 11.3 Å². The van der Waals surface area contributed by atoms with Gasteiger partial charge >= 0.3 is 13.6 Å². The maximum atomic E-state index is 14.8. The average molecular weight is 803 g/mol. The summed E-state index contributed by atoms with van der Waals surface area (Å²) in [4.78, 5) is 68.0. The first-order chi connectivity index (χ1) is 25.6. The SMILES string of the molecule is CC1(C)C/C=C/[C@H](c2ccc(CP(=O)(OC(C)(C)C)OC(C)(C)C)cc2)[C@H](CC(=O)OC(C)(C)C)C(=O)NC2(CCCCC2)C(=O)N[C@@H](CC(N)=O)C(=O)NC1. The van der Waals surface area contributed by atoms with Gasteiger partial charge in [-0.3, -0.25) is 28.5 Å². The number of esters is 1. The molecule has 3 atom stereocenters. The van der Waals surface area contributed by atoms with Gasteiger partial charge < -0.3 is 35.5 Å². The standard InChI is InChI=1S/C42H67N4O9P/c1-38(2,3)53-34(48)24-31-30(29-19-17-28(18-20-29)26-56(52,54-39(4,5)6)55-40(7,8)9)16-15-21-41(10,11)27-44-36(50)32(25-33(43)47)45-37(51)42(46-35(31)49)22-13-12-14-23-42/h15-20,30-32H,12-14,21-27H2,1-11H3,(H2,43,47)(H,44,50)(H,45,51)(H,46,49)/b16-15+/t30-,31+,32+/m1/s1. The number of benzene rings is 1. The van der Waals surface area contributed by atoms with Crippen molar-refractivity contribution in [2.75, 3.05) is 6.54 Å². The fraction of sp³-hybridized carbons (Fsp3) is 0.690. The van der Waals surface area contributed by atoms with Crippen LogP contribution in [0.15, 0.2) is 36.4 Å². The van der Waals surface area contributed by atoms with E-state index in [0.29, 0.717) is 43.2 Å². The quantitative estimate of drug-likeness (QED) is 0.119. The minimum absolute atomic E-state index is 0.0123. The molecule has 0 radical (unpaired) electrons. The van der Waals surface area contributed by atoms with Crippen LogP contribution in [0.5, 0.6) is 0 Å². The highest BCUT2D eigenvalue weighted by Gasteiger charge is 2.45. The Morgan fingerprint density at radius 3 is 1.93 bits per heavy atom. The summed E-state index contributed by atoms with van der Waals surface area (Å²) in [5, 5.41) is 8.67. The third-order valence-electron chi connectivity index (χ3n) is 9.43. The zero-order valence-corrected chi connectivity index (χ0v) is 36.4. The van der Waals surface area contributed by atoms with Crippen LogP contribution in [0.25, 0.3) is 0 Å². The first-order valence-corrected chi connectivity index (χ1v) is 21.5. The van der Waals surface area contributed by atoms with Crippen molar-refractivity contribution in [3.05, 3.63) is 47.5 Å². The van der Waals surface area contributed by atoms with Gasteiger partial charge in [0.05, 0.1) is 36.1 Å². The number of allylic oxidation sites excluding steroid dienone is 2. The smallest absolute Gasteiger partial charge is 0.336 e. The molecule has 1 heterocycles. The maximum absolute atomic E-state index is 14.8. The molecule has 3 rings (SSSR count). The molecule has 56 heavy (non-hydrogen) atoms. The molecule has 5 N–H and O–H groups in total. The van der Waals surface area contributed by atoms with Crippen molar-refractivity contribution in [3.63, 3.8) is 0 Å². The number of amides is 4. The van der Waals surface area contributed by atoms with E-state index in [1.807, 2.05) is 91.8 Å². The summed E-state index contributed by atoms with van der Waals surface area (Å²) < 4.78 is 31.9. The van der Waals surface area contributed by atoms with Crippen LogP contribution in [0.4, 0.5) is 0 Å². The Hall–Kier alpha value is -3.54. The second kappa shape index (κ2) is 18.4. The predicted molar refractivity (Wildman–Crippen MR) is 216 cm³/mol. The van der Waals surface area contributed by atoms with E-state index in [9.17, 15) is 28.5 Å². The van der Waals surface area contributed by atoms with E-state index in [2.05, 4.69) is 16.0 Å². The molecule has 314 valence electrons. The molecule has 0 unspecified atom stereocenters. The molecule has 1 saturated carbocycles. The molecule has 0 bridgehead atoms. The predicted octanol–water partition coefficient (Wildman–Crippen LogP) is 6.72. The molecule has 14 heteroatoms. The van der Waals surface area contributed by atoms with Crippen LogP contribution in [0.1, 0.15) is 145 Å². The zero-order valence-electron chi connectivity index (χ0n) is 35.5. The molecular weight excluding hydrogens is 735 g/mol. The minimum atomic E-state index is -3.63. The molecule has 1 fully saturated rings. The Labute approximate surface area is 333 Å². The Kier molecular flexibility index (Phi) is 15.4. The van der Waals surface area contributed by atoms with Crippen molar-refractivity contribution in [3.8, 4) is 0 Å². The van der Waals surface area contributed by atoms with E-state index < -0.39 is 89.2 Å². The molecule has 2 aliphatic rings. The fourth-order valence-corrected chi connectivity index (χ4v) is 9.56. The van der Waals surface area contributed by atoms with E-state index in [-0.39, 0.29) is 19.1 Å². The number of carbonyl (C=O) groups is 5. The van der Waals surface area contributed by atoms with Gasteiger partial charge in [0.15, 0.2) is 0 Å².